The largest absolute Gasteiger partial charge is 0.417 e. The van der Waals surface area contributed by atoms with Gasteiger partial charge < -0.3 is 15.4 Å². The molecule has 39 heavy (non-hydrogen) atoms. The topological polar surface area (TPSA) is 151 Å². The van der Waals surface area contributed by atoms with Crippen LogP contribution >= 0.6 is 11.6 Å². The van der Waals surface area contributed by atoms with E-state index in [1.165, 1.54) is 35.7 Å². The van der Waals surface area contributed by atoms with Crippen LogP contribution in [-0.2, 0) is 10.9 Å². The van der Waals surface area contributed by atoms with E-state index in [0.717, 1.165) is 6.07 Å². The Morgan fingerprint density at radius 2 is 1.87 bits per heavy atom. The number of urea groups is 1. The van der Waals surface area contributed by atoms with E-state index in [4.69, 9.17) is 16.3 Å². The molecular weight excluding hydrogens is 547 g/mol. The van der Waals surface area contributed by atoms with Gasteiger partial charge in [-0.2, -0.15) is 33.3 Å². The van der Waals surface area contributed by atoms with Gasteiger partial charge in [-0.3, -0.25) is 15.5 Å². The summed E-state index contributed by atoms with van der Waals surface area (Å²) in [6, 6.07) is 5.79. The van der Waals surface area contributed by atoms with Crippen molar-refractivity contribution < 1.29 is 27.6 Å². The van der Waals surface area contributed by atoms with Crippen molar-refractivity contribution in [3.05, 3.63) is 69.3 Å². The third kappa shape index (κ3) is 5.62. The number of hydrazine groups is 2. The first-order valence-electron chi connectivity index (χ1n) is 11.4. The van der Waals surface area contributed by atoms with Crippen molar-refractivity contribution in [1.29, 1.82) is 0 Å². The van der Waals surface area contributed by atoms with Crippen LogP contribution in [-0.4, -0.2) is 50.1 Å². The van der Waals surface area contributed by atoms with Crippen molar-refractivity contribution in [2.45, 2.75) is 25.3 Å². The number of hydrogen-bond donors (Lipinski definition) is 3. The predicted octanol–water partition coefficient (Wildman–Crippen LogP) is 4.62. The van der Waals surface area contributed by atoms with Crippen LogP contribution in [0.15, 0.2) is 42.7 Å². The number of nitro benzene ring substituents is 1. The van der Waals surface area contributed by atoms with Gasteiger partial charge in [-0.05, 0) is 37.3 Å². The zero-order valence-corrected chi connectivity index (χ0v) is 20.7. The summed E-state index contributed by atoms with van der Waals surface area (Å²) >= 11 is 5.62. The maximum atomic E-state index is 13.1. The molecule has 3 N–H and O–H groups in total. The molecule has 1 saturated heterocycles. The first-order chi connectivity index (χ1) is 18.5. The van der Waals surface area contributed by atoms with Crippen molar-refractivity contribution in [2.75, 3.05) is 34.3 Å². The van der Waals surface area contributed by atoms with Crippen molar-refractivity contribution in [3.8, 4) is 0 Å². The molecule has 5 rings (SSSR count). The molecule has 2 aliphatic heterocycles. The lowest BCUT2D eigenvalue weighted by atomic mass is 10.2. The summed E-state index contributed by atoms with van der Waals surface area (Å²) in [6.07, 6.45) is -4.04. The molecule has 204 valence electrons. The highest BCUT2D eigenvalue weighted by atomic mass is 35.5. The molecule has 1 fully saturated rings. The van der Waals surface area contributed by atoms with E-state index in [9.17, 15) is 28.1 Å². The highest BCUT2D eigenvalue weighted by Crippen LogP contribution is 2.36. The Kier molecular flexibility index (Phi) is 6.83. The predicted molar refractivity (Wildman–Crippen MR) is 133 cm³/mol. The SMILES string of the molecule is CC1CN2CC(O1)c1ncnc(n1)N2Nc1cc(NC(=O)Nc2ccc(Cl)c(C(F)(F)F)c2)ccc1[N+](=O)[O-]. The Balaban J connectivity index is 1.39. The summed E-state index contributed by atoms with van der Waals surface area (Å²) in [4.78, 5) is 36.4. The lowest BCUT2D eigenvalue weighted by molar-refractivity contribution is -0.384. The monoisotopic (exact) mass is 565 g/mol. The Hall–Kier alpha value is -4.28. The normalized spacial score (nSPS) is 20.1. The number of benzene rings is 2. The minimum atomic E-state index is -4.71. The number of anilines is 4. The van der Waals surface area contributed by atoms with Crippen LogP contribution in [0.3, 0.4) is 0 Å². The van der Waals surface area contributed by atoms with Gasteiger partial charge >= 0.3 is 12.2 Å². The molecular formula is C22H19ClF3N9O4. The maximum absolute atomic E-state index is 13.1. The lowest BCUT2D eigenvalue weighted by Crippen LogP contribution is -2.53. The van der Waals surface area contributed by atoms with Crippen LogP contribution < -0.4 is 21.2 Å². The number of morpholine rings is 1. The standard InChI is InChI=1S/C22H19ClF3N9O4/c1-11-8-33-9-18(39-11)19-27-10-28-20(31-19)34(33)32-16-7-13(3-5-17(16)35(37)38)30-21(36)29-12-2-4-15(23)14(6-12)22(24,25)26/h2-7,10-11,18,32H,8-9H2,1H3,(H2,29,30,36). The molecule has 3 atom stereocenters. The van der Waals surface area contributed by atoms with Crippen LogP contribution in [0.2, 0.25) is 5.02 Å². The average Bonchev–Trinajstić information content (AvgIpc) is 2.93. The van der Waals surface area contributed by atoms with Gasteiger partial charge in [0.25, 0.3) is 11.6 Å². The average molecular weight is 566 g/mol. The zero-order valence-electron chi connectivity index (χ0n) is 19.9. The summed E-state index contributed by atoms with van der Waals surface area (Å²) in [6.45, 7) is 2.63. The number of nitro groups is 1. The Bertz CT molecular complexity index is 1440. The number of alkyl halides is 3. The van der Waals surface area contributed by atoms with Crippen LogP contribution in [0.5, 0.6) is 0 Å². The molecule has 2 aromatic carbocycles. The molecule has 0 aliphatic carbocycles. The van der Waals surface area contributed by atoms with Gasteiger partial charge in [-0.1, -0.05) is 11.6 Å². The van der Waals surface area contributed by atoms with Crippen LogP contribution in [0, 0.1) is 10.1 Å². The summed E-state index contributed by atoms with van der Waals surface area (Å²) < 4.78 is 45.3. The van der Waals surface area contributed by atoms with Crippen molar-refractivity contribution in [1.82, 2.24) is 20.0 Å². The number of nitrogens with one attached hydrogen (secondary N) is 3. The second-order valence-corrected chi connectivity index (χ2v) is 9.04. The fourth-order valence-corrected chi connectivity index (χ4v) is 4.35. The third-order valence-electron chi connectivity index (χ3n) is 5.79. The van der Waals surface area contributed by atoms with Gasteiger partial charge in [0.15, 0.2) is 5.82 Å². The molecule has 3 heterocycles. The van der Waals surface area contributed by atoms with E-state index in [1.807, 2.05) is 11.9 Å². The summed E-state index contributed by atoms with van der Waals surface area (Å²) in [5.74, 6) is 0.590. The lowest BCUT2D eigenvalue weighted by Gasteiger charge is -2.39. The Morgan fingerprint density at radius 3 is 2.59 bits per heavy atom. The van der Waals surface area contributed by atoms with E-state index in [-0.39, 0.29) is 34.8 Å². The summed E-state index contributed by atoms with van der Waals surface area (Å²) in [5.41, 5.74) is 1.47. The number of fused-ring (bicyclic) bond motifs is 5. The van der Waals surface area contributed by atoms with Crippen molar-refractivity contribution >= 4 is 46.3 Å². The number of rotatable bonds is 5. The zero-order chi connectivity index (χ0) is 27.9. The Morgan fingerprint density at radius 1 is 1.15 bits per heavy atom. The summed E-state index contributed by atoms with van der Waals surface area (Å²) in [7, 11) is 0. The number of carbonyl (C=O) groups excluding carboxylic acids is 1. The number of halogens is 4. The molecule has 2 amide bonds. The fourth-order valence-electron chi connectivity index (χ4n) is 4.13. The molecule has 4 bridgehead atoms. The molecule has 3 aromatic rings. The van der Waals surface area contributed by atoms with Gasteiger partial charge in [-0.25, -0.2) is 9.78 Å². The second-order valence-electron chi connectivity index (χ2n) is 8.63. The van der Waals surface area contributed by atoms with Crippen LogP contribution in [0.25, 0.3) is 0 Å². The number of carbonyl (C=O) groups is 1. The maximum Gasteiger partial charge on any atom is 0.417 e. The summed E-state index contributed by atoms with van der Waals surface area (Å²) in [5, 5.41) is 19.3. The second kappa shape index (κ2) is 10.1. The number of nitrogens with zero attached hydrogens (tertiary/aromatic N) is 6. The molecule has 3 unspecified atom stereocenters. The fraction of sp³-hybridized carbons (Fsp3) is 0.273. The van der Waals surface area contributed by atoms with Crippen LogP contribution in [0.4, 0.5) is 46.7 Å². The molecule has 0 spiro atoms. The number of amides is 2. The molecule has 1 aromatic heterocycles. The molecule has 17 heteroatoms. The smallest absolute Gasteiger partial charge is 0.364 e. The van der Waals surface area contributed by atoms with Gasteiger partial charge in [0, 0.05) is 24.0 Å². The van der Waals surface area contributed by atoms with Gasteiger partial charge in [0.2, 0.25) is 0 Å². The molecule has 0 radical (unpaired) electrons. The van der Waals surface area contributed by atoms with E-state index >= 15 is 0 Å². The Labute approximate surface area is 223 Å². The quantitative estimate of drug-likeness (QED) is 0.295. The van der Waals surface area contributed by atoms with Gasteiger partial charge in [0.1, 0.15) is 18.1 Å². The number of ether oxygens (including phenoxy) is 1. The van der Waals surface area contributed by atoms with E-state index < -0.39 is 33.8 Å². The van der Waals surface area contributed by atoms with E-state index in [0.29, 0.717) is 25.0 Å². The first-order valence-corrected chi connectivity index (χ1v) is 11.7. The van der Waals surface area contributed by atoms with Gasteiger partial charge in [-0.15, -0.1) is 0 Å². The molecule has 2 aliphatic rings. The highest BCUT2D eigenvalue weighted by Gasteiger charge is 2.37. The van der Waals surface area contributed by atoms with Crippen molar-refractivity contribution in [2.24, 2.45) is 0 Å². The molecule has 0 saturated carbocycles. The van der Waals surface area contributed by atoms with Crippen molar-refractivity contribution in [3.63, 3.8) is 0 Å². The number of aromatic nitrogens is 3. The molecule has 13 nitrogen and oxygen atoms in total. The van der Waals surface area contributed by atoms with Gasteiger partial charge in [0.05, 0.1) is 28.2 Å². The van der Waals surface area contributed by atoms with Crippen LogP contribution in [0.1, 0.15) is 24.4 Å². The highest BCUT2D eigenvalue weighted by molar-refractivity contribution is 6.31. The number of hydrogen-bond acceptors (Lipinski definition) is 10. The minimum Gasteiger partial charge on any atom is -0.364 e. The minimum absolute atomic E-state index is 0.0109. The first kappa shape index (κ1) is 26.3. The van der Waals surface area contributed by atoms with E-state index in [2.05, 4.69) is 31.0 Å². The van der Waals surface area contributed by atoms with E-state index in [1.54, 1.807) is 0 Å². The third-order valence-corrected chi connectivity index (χ3v) is 6.12.